The number of hydrogen-bond donors (Lipinski definition) is 1. The van der Waals surface area contributed by atoms with E-state index in [1.165, 1.54) is 6.42 Å². The summed E-state index contributed by atoms with van der Waals surface area (Å²) in [4.78, 5) is 54.8. The van der Waals surface area contributed by atoms with Gasteiger partial charge in [0.2, 0.25) is 5.78 Å². The lowest BCUT2D eigenvalue weighted by molar-refractivity contribution is -0.142. The zero-order valence-electron chi connectivity index (χ0n) is 24.4. The van der Waals surface area contributed by atoms with Crippen LogP contribution in [0.3, 0.4) is 0 Å². The van der Waals surface area contributed by atoms with Crippen LogP contribution in [0.4, 0.5) is 4.79 Å². The molecule has 3 rings (SSSR count). The molecule has 1 aromatic rings. The maximum absolute atomic E-state index is 13.8. The molecule has 2 amide bonds. The minimum Gasteiger partial charge on any atom is -0.378 e. The average molecular weight is 557 g/mol. The van der Waals surface area contributed by atoms with Crippen molar-refractivity contribution < 1.29 is 28.7 Å². The molecule has 8 heteroatoms. The number of Topliss-reactive ketones (excluding diaryl/α,β-unsaturated/α-hetero) is 3. The molecule has 1 N–H and O–H groups in total. The van der Waals surface area contributed by atoms with Gasteiger partial charge in [0.05, 0.1) is 38.4 Å². The van der Waals surface area contributed by atoms with Crippen LogP contribution in [-0.2, 0) is 30.5 Å². The number of ether oxygens (including phenoxy) is 2. The van der Waals surface area contributed by atoms with Gasteiger partial charge in [0.1, 0.15) is 0 Å². The molecule has 8 nitrogen and oxygen atoms in total. The minimum absolute atomic E-state index is 0.0130. The van der Waals surface area contributed by atoms with Crippen molar-refractivity contribution in [2.24, 2.45) is 17.8 Å². The van der Waals surface area contributed by atoms with Gasteiger partial charge in [0.25, 0.3) is 0 Å². The summed E-state index contributed by atoms with van der Waals surface area (Å²) in [7, 11) is 0. The van der Waals surface area contributed by atoms with Crippen molar-refractivity contribution in [2.45, 2.75) is 90.7 Å². The summed E-state index contributed by atoms with van der Waals surface area (Å²) in [6.07, 6.45) is 7.94. The Bertz CT molecular complexity index is 940. The van der Waals surface area contributed by atoms with Gasteiger partial charge < -0.3 is 19.7 Å². The first-order valence-corrected chi connectivity index (χ1v) is 15.2. The van der Waals surface area contributed by atoms with Crippen LogP contribution in [0.2, 0.25) is 0 Å². The molecule has 1 saturated carbocycles. The Morgan fingerprint density at radius 2 is 1.73 bits per heavy atom. The third-order valence-electron chi connectivity index (χ3n) is 8.12. The van der Waals surface area contributed by atoms with Crippen molar-refractivity contribution in [1.29, 1.82) is 0 Å². The lowest BCUT2D eigenvalue weighted by Crippen LogP contribution is -2.52. The monoisotopic (exact) mass is 556 g/mol. The second kappa shape index (κ2) is 17.3. The standard InChI is InChI=1S/C32H48N2O6/c1-3-10-24(2)19-30(36)31(37)27(23-40-22-26-13-8-5-9-14-26)21-29(35)28(20-25-11-6-4-7-12-25)33-32(38)34-15-17-39-18-16-34/h5,8-9,13-14,24-25,27-28H,3-4,6-7,10-12,15-23H2,1-2H3,(H,33,38)/t24?,27?,28-/m0/s1. The molecule has 3 atom stereocenters. The fraction of sp³-hybridized carbons (Fsp3) is 0.688. The number of morpholine rings is 1. The third-order valence-corrected chi connectivity index (χ3v) is 8.12. The van der Waals surface area contributed by atoms with Crippen LogP contribution in [0.5, 0.6) is 0 Å². The lowest BCUT2D eigenvalue weighted by atomic mass is 9.82. The Balaban J connectivity index is 1.71. The molecule has 1 heterocycles. The number of nitrogens with zero attached hydrogens (tertiary/aromatic N) is 1. The van der Waals surface area contributed by atoms with Crippen LogP contribution < -0.4 is 5.32 Å². The smallest absolute Gasteiger partial charge is 0.318 e. The predicted molar refractivity (Wildman–Crippen MR) is 154 cm³/mol. The van der Waals surface area contributed by atoms with Gasteiger partial charge in [-0.3, -0.25) is 14.4 Å². The quantitative estimate of drug-likeness (QED) is 0.284. The van der Waals surface area contributed by atoms with Crippen molar-refractivity contribution in [1.82, 2.24) is 10.2 Å². The summed E-state index contributed by atoms with van der Waals surface area (Å²) < 4.78 is 11.2. The van der Waals surface area contributed by atoms with E-state index in [1.54, 1.807) is 4.90 Å². The number of amides is 2. The van der Waals surface area contributed by atoms with Crippen LogP contribution in [0.25, 0.3) is 0 Å². The van der Waals surface area contributed by atoms with Crippen LogP contribution in [0, 0.1) is 17.8 Å². The molecule has 1 aromatic carbocycles. The molecule has 2 aliphatic rings. The molecule has 0 spiro atoms. The predicted octanol–water partition coefficient (Wildman–Crippen LogP) is 5.12. The third kappa shape index (κ3) is 10.8. The van der Waals surface area contributed by atoms with Crippen molar-refractivity contribution in [3.8, 4) is 0 Å². The van der Waals surface area contributed by atoms with Gasteiger partial charge in [-0.15, -0.1) is 0 Å². The van der Waals surface area contributed by atoms with Gasteiger partial charge in [-0.05, 0) is 23.8 Å². The molecular formula is C32H48N2O6. The normalized spacial score (nSPS) is 18.5. The fourth-order valence-electron chi connectivity index (χ4n) is 5.78. The summed E-state index contributed by atoms with van der Waals surface area (Å²) in [5.41, 5.74) is 0.955. The molecule has 40 heavy (non-hydrogen) atoms. The SMILES string of the molecule is CCCC(C)CC(=O)C(=O)C(COCc1ccccc1)CC(=O)[C@H](CC1CCCCC1)NC(=O)N1CCOCC1. The molecule has 0 radical (unpaired) electrons. The van der Waals surface area contributed by atoms with Gasteiger partial charge >= 0.3 is 6.03 Å². The first-order chi connectivity index (χ1) is 19.4. The second-order valence-electron chi connectivity index (χ2n) is 11.6. The van der Waals surface area contributed by atoms with E-state index >= 15 is 0 Å². The lowest BCUT2D eigenvalue weighted by Gasteiger charge is -2.31. The number of nitrogens with one attached hydrogen (secondary N) is 1. The Hall–Kier alpha value is -2.58. The van der Waals surface area contributed by atoms with E-state index in [1.807, 2.05) is 37.3 Å². The topological polar surface area (TPSA) is 102 Å². The summed E-state index contributed by atoms with van der Waals surface area (Å²) in [6.45, 7) is 6.22. The van der Waals surface area contributed by atoms with Crippen LogP contribution in [0.1, 0.15) is 83.6 Å². The molecule has 1 saturated heterocycles. The number of benzene rings is 1. The highest BCUT2D eigenvalue weighted by molar-refractivity contribution is 6.38. The molecule has 2 unspecified atom stereocenters. The van der Waals surface area contributed by atoms with Crippen molar-refractivity contribution in [3.63, 3.8) is 0 Å². The molecule has 1 aliphatic heterocycles. The average Bonchev–Trinajstić information content (AvgIpc) is 2.97. The van der Waals surface area contributed by atoms with Gasteiger partial charge in [0.15, 0.2) is 11.6 Å². The zero-order chi connectivity index (χ0) is 28.7. The summed E-state index contributed by atoms with van der Waals surface area (Å²) in [5, 5.41) is 2.98. The Morgan fingerprint density at radius 1 is 1.02 bits per heavy atom. The van der Waals surface area contributed by atoms with Gasteiger partial charge in [-0.2, -0.15) is 0 Å². The van der Waals surface area contributed by atoms with E-state index in [2.05, 4.69) is 12.2 Å². The number of carbonyl (C=O) groups is 4. The van der Waals surface area contributed by atoms with Crippen LogP contribution in [-0.4, -0.2) is 67.2 Å². The fourth-order valence-corrected chi connectivity index (χ4v) is 5.78. The molecule has 0 aromatic heterocycles. The largest absolute Gasteiger partial charge is 0.378 e. The summed E-state index contributed by atoms with van der Waals surface area (Å²) >= 11 is 0. The Morgan fingerprint density at radius 3 is 2.40 bits per heavy atom. The second-order valence-corrected chi connectivity index (χ2v) is 11.6. The minimum atomic E-state index is -0.869. The highest BCUT2D eigenvalue weighted by Gasteiger charge is 2.33. The zero-order valence-corrected chi connectivity index (χ0v) is 24.4. The Labute approximate surface area is 239 Å². The maximum Gasteiger partial charge on any atom is 0.318 e. The number of urea groups is 1. The van der Waals surface area contributed by atoms with Crippen molar-refractivity contribution in [3.05, 3.63) is 35.9 Å². The Kier molecular flexibility index (Phi) is 13.8. The molecule has 0 bridgehead atoms. The maximum atomic E-state index is 13.8. The summed E-state index contributed by atoms with van der Waals surface area (Å²) in [5.74, 6) is -1.60. The molecule has 1 aliphatic carbocycles. The van der Waals surface area contributed by atoms with E-state index in [0.717, 1.165) is 44.1 Å². The number of ketones is 3. The van der Waals surface area contributed by atoms with Crippen LogP contribution in [0.15, 0.2) is 30.3 Å². The first kappa shape index (κ1) is 31.9. The highest BCUT2D eigenvalue weighted by Crippen LogP contribution is 2.28. The van der Waals surface area contributed by atoms with Gasteiger partial charge in [-0.1, -0.05) is 89.1 Å². The van der Waals surface area contributed by atoms with Crippen LogP contribution >= 0.6 is 0 Å². The molecule has 222 valence electrons. The van der Waals surface area contributed by atoms with E-state index in [9.17, 15) is 19.2 Å². The summed E-state index contributed by atoms with van der Waals surface area (Å²) in [6, 6.07) is 8.64. The number of hydrogen-bond acceptors (Lipinski definition) is 6. The van der Waals surface area contributed by atoms with Crippen molar-refractivity contribution >= 4 is 23.4 Å². The van der Waals surface area contributed by atoms with E-state index < -0.39 is 23.5 Å². The van der Waals surface area contributed by atoms with E-state index in [4.69, 9.17) is 9.47 Å². The highest BCUT2D eigenvalue weighted by atomic mass is 16.5. The number of rotatable bonds is 16. The first-order valence-electron chi connectivity index (χ1n) is 15.2. The van der Waals surface area contributed by atoms with Gasteiger partial charge in [-0.25, -0.2) is 4.79 Å². The molecule has 2 fully saturated rings. The van der Waals surface area contributed by atoms with Gasteiger partial charge in [0, 0.05) is 25.9 Å². The number of carbonyl (C=O) groups excluding carboxylic acids is 4. The van der Waals surface area contributed by atoms with Crippen molar-refractivity contribution in [2.75, 3.05) is 32.9 Å². The van der Waals surface area contributed by atoms with E-state index in [0.29, 0.717) is 45.2 Å². The molecular weight excluding hydrogens is 508 g/mol. The van der Waals surface area contributed by atoms with E-state index in [-0.39, 0.29) is 37.2 Å².